The predicted molar refractivity (Wildman–Crippen MR) is 107 cm³/mol. The van der Waals surface area contributed by atoms with Crippen LogP contribution in [0.4, 0.5) is 5.69 Å². The van der Waals surface area contributed by atoms with E-state index in [4.69, 9.17) is 15.2 Å². The minimum absolute atomic E-state index is 0.00982. The maximum absolute atomic E-state index is 13.2. The summed E-state index contributed by atoms with van der Waals surface area (Å²) >= 11 is 0. The number of amides is 1. The van der Waals surface area contributed by atoms with E-state index in [-0.39, 0.29) is 11.9 Å². The number of hydrogen-bond acceptors (Lipinski definition) is 4. The zero-order valence-electron chi connectivity index (χ0n) is 16.5. The first-order chi connectivity index (χ1) is 12.9. The fraction of sp³-hybridized carbons (Fsp3) is 0.409. The molecule has 1 amide bonds. The minimum Gasteiger partial charge on any atom is -0.493 e. The Kier molecular flexibility index (Phi) is 5.31. The molecule has 0 heterocycles. The molecule has 1 aliphatic carbocycles. The van der Waals surface area contributed by atoms with Crippen LogP contribution in [-0.2, 0) is 16.6 Å². The Balaban J connectivity index is 1.84. The lowest BCUT2D eigenvalue weighted by molar-refractivity contribution is -0.126. The third-order valence-corrected chi connectivity index (χ3v) is 5.46. The number of nitrogens with two attached hydrogens (primary N) is 1. The van der Waals surface area contributed by atoms with Crippen molar-refractivity contribution in [3.63, 3.8) is 0 Å². The van der Waals surface area contributed by atoms with Crippen molar-refractivity contribution in [1.82, 2.24) is 5.32 Å². The number of fused-ring (bicyclic) bond motifs is 1. The van der Waals surface area contributed by atoms with Crippen molar-refractivity contribution in [1.29, 1.82) is 0 Å². The second-order valence-corrected chi connectivity index (χ2v) is 7.57. The number of rotatable bonds is 5. The molecule has 0 saturated heterocycles. The monoisotopic (exact) mass is 368 g/mol. The maximum atomic E-state index is 13.2. The second-order valence-electron chi connectivity index (χ2n) is 7.57. The van der Waals surface area contributed by atoms with Gasteiger partial charge in [0, 0.05) is 5.69 Å². The largest absolute Gasteiger partial charge is 0.493 e. The van der Waals surface area contributed by atoms with E-state index < -0.39 is 5.41 Å². The molecule has 5 heteroatoms. The van der Waals surface area contributed by atoms with Crippen LogP contribution >= 0.6 is 0 Å². The molecule has 1 aliphatic rings. The van der Waals surface area contributed by atoms with E-state index in [1.54, 1.807) is 14.2 Å². The highest BCUT2D eigenvalue weighted by atomic mass is 16.5. The predicted octanol–water partition coefficient (Wildman–Crippen LogP) is 3.76. The first-order valence-corrected chi connectivity index (χ1v) is 9.28. The fourth-order valence-electron chi connectivity index (χ4n) is 3.68. The van der Waals surface area contributed by atoms with E-state index in [0.717, 1.165) is 30.5 Å². The van der Waals surface area contributed by atoms with Crippen molar-refractivity contribution in [3.05, 3.63) is 53.1 Å². The molecule has 0 aromatic heterocycles. The fourth-order valence-corrected chi connectivity index (χ4v) is 3.68. The van der Waals surface area contributed by atoms with Gasteiger partial charge in [-0.25, -0.2) is 0 Å². The number of carbonyl (C=O) groups excluding carboxylic acids is 1. The molecular formula is C22H28N2O3. The number of methoxy groups -OCH3 is 2. The van der Waals surface area contributed by atoms with E-state index in [9.17, 15) is 4.79 Å². The molecule has 1 unspecified atom stereocenters. The molecule has 0 aliphatic heterocycles. The van der Waals surface area contributed by atoms with Crippen molar-refractivity contribution in [2.24, 2.45) is 0 Å². The van der Waals surface area contributed by atoms with Crippen molar-refractivity contribution < 1.29 is 14.3 Å². The molecule has 0 bridgehead atoms. The normalized spacial score (nSPS) is 16.4. The highest BCUT2D eigenvalue weighted by molar-refractivity contribution is 5.88. The summed E-state index contributed by atoms with van der Waals surface area (Å²) in [5, 5.41) is 3.25. The quantitative estimate of drug-likeness (QED) is 0.788. The van der Waals surface area contributed by atoms with Crippen LogP contribution in [0.25, 0.3) is 0 Å². The van der Waals surface area contributed by atoms with Gasteiger partial charge in [0.2, 0.25) is 5.91 Å². The lowest BCUT2D eigenvalue weighted by Crippen LogP contribution is -2.42. The Morgan fingerprint density at radius 3 is 2.56 bits per heavy atom. The van der Waals surface area contributed by atoms with Crippen LogP contribution in [0.3, 0.4) is 0 Å². The summed E-state index contributed by atoms with van der Waals surface area (Å²) in [6.07, 6.45) is 2.98. The summed E-state index contributed by atoms with van der Waals surface area (Å²) in [7, 11) is 3.20. The Morgan fingerprint density at radius 1 is 1.11 bits per heavy atom. The third kappa shape index (κ3) is 3.72. The van der Waals surface area contributed by atoms with Gasteiger partial charge in [-0.2, -0.15) is 0 Å². The Hall–Kier alpha value is -2.69. The van der Waals surface area contributed by atoms with Gasteiger partial charge in [0.25, 0.3) is 0 Å². The highest BCUT2D eigenvalue weighted by Gasteiger charge is 2.33. The van der Waals surface area contributed by atoms with E-state index in [2.05, 4.69) is 5.32 Å². The van der Waals surface area contributed by atoms with Crippen molar-refractivity contribution in [2.45, 2.75) is 44.6 Å². The molecule has 5 nitrogen and oxygen atoms in total. The number of nitrogens with one attached hydrogen (secondary N) is 1. The highest BCUT2D eigenvalue weighted by Crippen LogP contribution is 2.35. The molecule has 3 N–H and O–H groups in total. The van der Waals surface area contributed by atoms with Gasteiger partial charge in [0.1, 0.15) is 0 Å². The topological polar surface area (TPSA) is 73.6 Å². The lowest BCUT2D eigenvalue weighted by atomic mass is 9.81. The van der Waals surface area contributed by atoms with Crippen LogP contribution in [-0.4, -0.2) is 20.1 Å². The molecule has 0 spiro atoms. The number of anilines is 1. The van der Waals surface area contributed by atoms with Gasteiger partial charge in [0.15, 0.2) is 11.5 Å². The number of carbonyl (C=O) groups is 1. The van der Waals surface area contributed by atoms with Gasteiger partial charge in [-0.1, -0.05) is 12.1 Å². The zero-order valence-corrected chi connectivity index (χ0v) is 16.5. The summed E-state index contributed by atoms with van der Waals surface area (Å²) in [6.45, 7) is 3.85. The summed E-state index contributed by atoms with van der Waals surface area (Å²) in [6, 6.07) is 11.6. The van der Waals surface area contributed by atoms with Gasteiger partial charge in [-0.05, 0) is 74.1 Å². The van der Waals surface area contributed by atoms with Crippen molar-refractivity contribution >= 4 is 11.6 Å². The van der Waals surface area contributed by atoms with E-state index in [1.165, 1.54) is 11.1 Å². The molecule has 2 aromatic carbocycles. The summed E-state index contributed by atoms with van der Waals surface area (Å²) < 4.78 is 10.7. The molecule has 0 saturated carbocycles. The van der Waals surface area contributed by atoms with E-state index in [1.807, 2.05) is 50.2 Å². The van der Waals surface area contributed by atoms with E-state index in [0.29, 0.717) is 11.5 Å². The van der Waals surface area contributed by atoms with Crippen LogP contribution in [0.1, 0.15) is 49.4 Å². The second kappa shape index (κ2) is 7.51. The molecule has 1 atom stereocenters. The number of benzene rings is 2. The van der Waals surface area contributed by atoms with E-state index >= 15 is 0 Å². The van der Waals surface area contributed by atoms with Gasteiger partial charge in [-0.15, -0.1) is 0 Å². The molecule has 144 valence electrons. The van der Waals surface area contributed by atoms with Gasteiger partial charge in [-0.3, -0.25) is 4.79 Å². The molecule has 2 aromatic rings. The number of hydrogen-bond donors (Lipinski definition) is 2. The van der Waals surface area contributed by atoms with Gasteiger partial charge in [0.05, 0.1) is 25.7 Å². The molecule has 27 heavy (non-hydrogen) atoms. The first kappa shape index (κ1) is 19.1. The number of nitrogen functional groups attached to an aromatic ring is 1. The average Bonchev–Trinajstić information content (AvgIpc) is 2.67. The van der Waals surface area contributed by atoms with Crippen molar-refractivity contribution in [3.8, 4) is 11.5 Å². The Bertz CT molecular complexity index is 845. The molecule has 0 radical (unpaired) electrons. The van der Waals surface area contributed by atoms with Crippen molar-refractivity contribution in [2.75, 3.05) is 20.0 Å². The maximum Gasteiger partial charge on any atom is 0.230 e. The Labute approximate surface area is 160 Å². The summed E-state index contributed by atoms with van der Waals surface area (Å²) in [5.41, 5.74) is 9.27. The van der Waals surface area contributed by atoms with Crippen LogP contribution in [0.2, 0.25) is 0 Å². The standard InChI is InChI=1S/C22H28N2O3/c1-22(2,15-8-11-19(26-3)20(13-15)27-4)21(25)24-18-7-5-6-14-12-16(23)9-10-17(14)18/h8-13,18H,5-7,23H2,1-4H3,(H,24,25). The number of ether oxygens (including phenoxy) is 2. The SMILES string of the molecule is COc1ccc(C(C)(C)C(=O)NC2CCCc3cc(N)ccc32)cc1OC. The summed E-state index contributed by atoms with van der Waals surface area (Å²) in [4.78, 5) is 13.2. The van der Waals surface area contributed by atoms with Crippen LogP contribution in [0, 0.1) is 0 Å². The first-order valence-electron chi connectivity index (χ1n) is 9.28. The summed E-state index contributed by atoms with van der Waals surface area (Å²) in [5.74, 6) is 1.26. The zero-order chi connectivity index (χ0) is 19.6. The van der Waals surface area contributed by atoms with Crippen LogP contribution < -0.4 is 20.5 Å². The lowest BCUT2D eigenvalue weighted by Gasteiger charge is -2.31. The Morgan fingerprint density at radius 2 is 1.85 bits per heavy atom. The number of aryl methyl sites for hydroxylation is 1. The molecule has 3 rings (SSSR count). The third-order valence-electron chi connectivity index (χ3n) is 5.46. The molecule has 0 fully saturated rings. The van der Waals surface area contributed by atoms with Gasteiger partial charge >= 0.3 is 0 Å². The molecular weight excluding hydrogens is 340 g/mol. The smallest absolute Gasteiger partial charge is 0.230 e. The van der Waals surface area contributed by atoms with Crippen LogP contribution in [0.5, 0.6) is 11.5 Å². The minimum atomic E-state index is -0.703. The average molecular weight is 368 g/mol. The van der Waals surface area contributed by atoms with Crippen LogP contribution in [0.15, 0.2) is 36.4 Å². The van der Waals surface area contributed by atoms with Gasteiger partial charge < -0.3 is 20.5 Å².